The minimum atomic E-state index is -1.78. The van der Waals surface area contributed by atoms with Crippen LogP contribution in [0.5, 0.6) is 5.75 Å². The standard InChI is InChI=1S/C31H32ClNO6Si/c1-6-38-31(36)21-11-15-22(16-12-21)33-27(24-9-7-8-10-25(24)32)26(29(30(33)35)39-19-40(3,4)5)28(34)20-13-17-23(37-2)18-14-20/h7-18,27H,6,19H2,1-5H3. The number of halogens is 1. The first-order chi connectivity index (χ1) is 19.1. The highest BCUT2D eigenvalue weighted by molar-refractivity contribution is 6.76. The number of anilines is 1. The highest BCUT2D eigenvalue weighted by atomic mass is 35.5. The Morgan fingerprint density at radius 3 is 2.12 bits per heavy atom. The van der Waals surface area contributed by atoms with E-state index in [1.807, 2.05) is 6.07 Å². The van der Waals surface area contributed by atoms with E-state index >= 15 is 0 Å². The third kappa shape index (κ3) is 6.13. The molecule has 0 bridgehead atoms. The van der Waals surface area contributed by atoms with Gasteiger partial charge in [0.25, 0.3) is 5.91 Å². The Hall–Kier alpha value is -3.88. The smallest absolute Gasteiger partial charge is 0.338 e. The van der Waals surface area contributed by atoms with Crippen LogP contribution in [0, 0.1) is 0 Å². The summed E-state index contributed by atoms with van der Waals surface area (Å²) < 4.78 is 16.6. The molecule has 1 aliphatic rings. The fourth-order valence-electron chi connectivity index (χ4n) is 4.38. The molecule has 0 fully saturated rings. The molecule has 3 aromatic carbocycles. The van der Waals surface area contributed by atoms with Gasteiger partial charge in [0.2, 0.25) is 0 Å². The predicted molar refractivity (Wildman–Crippen MR) is 158 cm³/mol. The molecule has 0 spiro atoms. The lowest BCUT2D eigenvalue weighted by molar-refractivity contribution is -0.117. The molecule has 1 heterocycles. The molecule has 1 aliphatic heterocycles. The molecule has 0 N–H and O–H groups in total. The molecule has 7 nitrogen and oxygen atoms in total. The number of hydrogen-bond acceptors (Lipinski definition) is 6. The van der Waals surface area contributed by atoms with Gasteiger partial charge in [-0.3, -0.25) is 14.5 Å². The summed E-state index contributed by atoms with van der Waals surface area (Å²) >= 11 is 6.68. The first kappa shape index (κ1) is 29.1. The van der Waals surface area contributed by atoms with Crippen molar-refractivity contribution in [2.45, 2.75) is 32.6 Å². The lowest BCUT2D eigenvalue weighted by Crippen LogP contribution is -2.33. The Balaban J connectivity index is 1.89. The number of nitrogens with zero attached hydrogens (tertiary/aromatic N) is 1. The van der Waals surface area contributed by atoms with E-state index in [4.69, 9.17) is 25.8 Å². The van der Waals surface area contributed by atoms with E-state index in [0.717, 1.165) is 0 Å². The van der Waals surface area contributed by atoms with Crippen molar-refractivity contribution in [2.24, 2.45) is 0 Å². The van der Waals surface area contributed by atoms with Crippen molar-refractivity contribution in [3.05, 3.63) is 106 Å². The number of esters is 1. The molecule has 0 saturated heterocycles. The maximum atomic E-state index is 14.2. The van der Waals surface area contributed by atoms with E-state index < -0.39 is 26.0 Å². The summed E-state index contributed by atoms with van der Waals surface area (Å²) in [7, 11) is -0.233. The number of carbonyl (C=O) groups excluding carboxylic acids is 3. The normalized spacial score (nSPS) is 15.3. The zero-order chi connectivity index (χ0) is 29.0. The zero-order valence-corrected chi connectivity index (χ0v) is 25.0. The average molecular weight is 578 g/mol. The molecule has 0 aliphatic carbocycles. The highest BCUT2D eigenvalue weighted by Gasteiger charge is 2.46. The Kier molecular flexibility index (Phi) is 8.81. The van der Waals surface area contributed by atoms with Gasteiger partial charge in [-0.05, 0) is 67.1 Å². The van der Waals surface area contributed by atoms with Gasteiger partial charge >= 0.3 is 5.97 Å². The molecule has 208 valence electrons. The summed E-state index contributed by atoms with van der Waals surface area (Å²) in [6.45, 7) is 8.34. The van der Waals surface area contributed by atoms with Gasteiger partial charge in [-0.1, -0.05) is 49.4 Å². The molecule has 0 aromatic heterocycles. The maximum Gasteiger partial charge on any atom is 0.338 e. The van der Waals surface area contributed by atoms with Crippen LogP contribution >= 0.6 is 11.6 Å². The molecule has 1 amide bonds. The summed E-state index contributed by atoms with van der Waals surface area (Å²) in [5, 5.41) is 0.403. The van der Waals surface area contributed by atoms with Crippen molar-refractivity contribution < 1.29 is 28.6 Å². The SMILES string of the molecule is CCOC(=O)c1ccc(N2C(=O)C(OC[Si](C)(C)C)=C(C(=O)c3ccc(OC)cc3)C2c2ccccc2Cl)cc1. The van der Waals surface area contributed by atoms with E-state index in [1.165, 1.54) is 4.90 Å². The number of ketones is 1. The van der Waals surface area contributed by atoms with Gasteiger partial charge in [-0.2, -0.15) is 0 Å². The largest absolute Gasteiger partial charge is 0.497 e. The topological polar surface area (TPSA) is 82.1 Å². The maximum absolute atomic E-state index is 14.2. The van der Waals surface area contributed by atoms with Crippen molar-refractivity contribution >= 4 is 43.0 Å². The summed E-state index contributed by atoms with van der Waals surface area (Å²) in [5.74, 6) is -0.657. The van der Waals surface area contributed by atoms with Crippen LogP contribution in [0.2, 0.25) is 24.7 Å². The molecule has 0 radical (unpaired) electrons. The van der Waals surface area contributed by atoms with Crippen molar-refractivity contribution in [3.8, 4) is 5.75 Å². The van der Waals surface area contributed by atoms with Crippen LogP contribution in [0.3, 0.4) is 0 Å². The quantitative estimate of drug-likeness (QED) is 0.152. The number of carbonyl (C=O) groups is 3. The molecule has 40 heavy (non-hydrogen) atoms. The third-order valence-electron chi connectivity index (χ3n) is 6.29. The van der Waals surface area contributed by atoms with Crippen molar-refractivity contribution in [1.29, 1.82) is 0 Å². The minimum absolute atomic E-state index is 0.00244. The summed E-state index contributed by atoms with van der Waals surface area (Å²) in [4.78, 5) is 42.1. The van der Waals surface area contributed by atoms with Crippen LogP contribution < -0.4 is 9.64 Å². The van der Waals surface area contributed by atoms with Gasteiger partial charge in [0.05, 0.1) is 45.2 Å². The van der Waals surface area contributed by atoms with Crippen molar-refractivity contribution in [2.75, 3.05) is 24.8 Å². The van der Waals surface area contributed by atoms with Gasteiger partial charge in [-0.15, -0.1) is 0 Å². The third-order valence-corrected chi connectivity index (χ3v) is 7.65. The fraction of sp³-hybridized carbons (Fsp3) is 0.258. The van der Waals surface area contributed by atoms with Crippen molar-refractivity contribution in [3.63, 3.8) is 0 Å². The Bertz CT molecular complexity index is 1440. The van der Waals surface area contributed by atoms with Crippen LogP contribution in [0.15, 0.2) is 84.1 Å². The molecular formula is C31H32ClNO6Si. The number of benzene rings is 3. The monoisotopic (exact) mass is 577 g/mol. The van der Waals surface area contributed by atoms with Gasteiger partial charge in [-0.25, -0.2) is 4.79 Å². The van der Waals surface area contributed by atoms with Crippen molar-refractivity contribution in [1.82, 2.24) is 0 Å². The second-order valence-corrected chi connectivity index (χ2v) is 16.3. The molecule has 9 heteroatoms. The number of hydrogen-bond donors (Lipinski definition) is 0. The first-order valence-corrected chi connectivity index (χ1v) is 17.0. The predicted octanol–water partition coefficient (Wildman–Crippen LogP) is 6.64. The van der Waals surface area contributed by atoms with Crippen LogP contribution in [0.4, 0.5) is 5.69 Å². The number of amides is 1. The molecule has 0 saturated carbocycles. The molecule has 4 rings (SSSR count). The first-order valence-electron chi connectivity index (χ1n) is 13.0. The number of ether oxygens (including phenoxy) is 3. The number of methoxy groups -OCH3 is 1. The molecule has 1 atom stereocenters. The highest BCUT2D eigenvalue weighted by Crippen LogP contribution is 2.45. The van der Waals surface area contributed by atoms with E-state index in [9.17, 15) is 14.4 Å². The number of Topliss-reactive ketones (excluding diaryl/α,β-unsaturated/α-hetero) is 1. The molecular weight excluding hydrogens is 546 g/mol. The zero-order valence-electron chi connectivity index (χ0n) is 23.2. The minimum Gasteiger partial charge on any atom is -0.497 e. The lowest BCUT2D eigenvalue weighted by atomic mass is 9.92. The Labute approximate surface area is 240 Å². The van der Waals surface area contributed by atoms with Gasteiger partial charge < -0.3 is 14.2 Å². The van der Waals surface area contributed by atoms with Gasteiger partial charge in [0.1, 0.15) is 5.75 Å². The van der Waals surface area contributed by atoms with Crippen LogP contribution in [0.25, 0.3) is 0 Å². The summed E-state index contributed by atoms with van der Waals surface area (Å²) in [5.41, 5.74) is 2.00. The fourth-order valence-corrected chi connectivity index (χ4v) is 5.20. The Morgan fingerprint density at radius 1 is 0.925 bits per heavy atom. The van der Waals surface area contributed by atoms with E-state index in [1.54, 1.807) is 80.8 Å². The summed E-state index contributed by atoms with van der Waals surface area (Å²) in [6.07, 6.45) is 0.346. The second kappa shape index (κ2) is 12.1. The van der Waals surface area contributed by atoms with E-state index in [2.05, 4.69) is 19.6 Å². The van der Waals surface area contributed by atoms with Crippen LogP contribution in [-0.2, 0) is 14.3 Å². The van der Waals surface area contributed by atoms with Crippen LogP contribution in [-0.4, -0.2) is 45.7 Å². The number of rotatable bonds is 10. The average Bonchev–Trinajstić information content (AvgIpc) is 3.23. The van der Waals surface area contributed by atoms with Gasteiger partial charge in [0.15, 0.2) is 11.5 Å². The second-order valence-electron chi connectivity index (χ2n) is 10.5. The summed E-state index contributed by atoms with van der Waals surface area (Å²) in [6, 6.07) is 19.5. The Morgan fingerprint density at radius 2 is 1.55 bits per heavy atom. The van der Waals surface area contributed by atoms with Gasteiger partial charge in [0, 0.05) is 16.3 Å². The van der Waals surface area contributed by atoms with E-state index in [-0.39, 0.29) is 23.7 Å². The van der Waals surface area contributed by atoms with Crippen LogP contribution in [0.1, 0.15) is 39.2 Å². The lowest BCUT2D eigenvalue weighted by Gasteiger charge is -2.27. The van der Waals surface area contributed by atoms with E-state index in [0.29, 0.717) is 39.4 Å². The molecule has 3 aromatic rings. The molecule has 1 unspecified atom stereocenters.